The number of ether oxygens (including phenoxy) is 3. The van der Waals surface area contributed by atoms with Crippen molar-refractivity contribution < 1.29 is 32.6 Å². The number of hydrogen-bond acceptors (Lipinski definition) is 5. The van der Waals surface area contributed by atoms with E-state index in [1.165, 1.54) is 24.3 Å². The van der Waals surface area contributed by atoms with Crippen LogP contribution in [0.5, 0.6) is 11.5 Å². The smallest absolute Gasteiger partial charge is 0.387 e. The Morgan fingerprint density at radius 2 is 1.76 bits per heavy atom. The number of carbonyl (C=O) groups is 2. The van der Waals surface area contributed by atoms with Gasteiger partial charge < -0.3 is 24.4 Å². The highest BCUT2D eigenvalue weighted by Crippen LogP contribution is 2.21. The van der Waals surface area contributed by atoms with Crippen LogP contribution in [0.1, 0.15) is 10.4 Å². The van der Waals surface area contributed by atoms with Gasteiger partial charge in [0.25, 0.3) is 11.8 Å². The minimum atomic E-state index is -2.91. The van der Waals surface area contributed by atoms with Crippen molar-refractivity contribution in [2.45, 2.75) is 6.61 Å². The Labute approximate surface area is 166 Å². The first kappa shape index (κ1) is 20.5. The number of halogens is 2. The Kier molecular flexibility index (Phi) is 6.96. The average Bonchev–Trinajstić information content (AvgIpc) is 2.73. The van der Waals surface area contributed by atoms with Crippen LogP contribution in [-0.2, 0) is 9.53 Å². The summed E-state index contributed by atoms with van der Waals surface area (Å²) in [6.07, 6.45) is 0. The lowest BCUT2D eigenvalue weighted by Gasteiger charge is -2.27. The molecular formula is C20H20F2N2O5. The van der Waals surface area contributed by atoms with Crippen LogP contribution in [0.15, 0.2) is 48.5 Å². The summed E-state index contributed by atoms with van der Waals surface area (Å²) in [5.74, 6) is -0.343. The van der Waals surface area contributed by atoms with Crippen molar-refractivity contribution >= 4 is 17.5 Å². The highest BCUT2D eigenvalue weighted by Gasteiger charge is 2.21. The monoisotopic (exact) mass is 406 g/mol. The second-order valence-electron chi connectivity index (χ2n) is 6.14. The van der Waals surface area contributed by atoms with E-state index in [0.29, 0.717) is 43.3 Å². The predicted octanol–water partition coefficient (Wildman–Crippen LogP) is 2.78. The second kappa shape index (κ2) is 9.83. The first-order valence-electron chi connectivity index (χ1n) is 8.96. The molecule has 1 aliphatic rings. The maximum absolute atomic E-state index is 12.7. The third-order valence-electron chi connectivity index (χ3n) is 4.14. The van der Waals surface area contributed by atoms with E-state index in [-0.39, 0.29) is 18.3 Å². The maximum atomic E-state index is 12.7. The van der Waals surface area contributed by atoms with Gasteiger partial charge in [-0.1, -0.05) is 12.1 Å². The molecule has 3 rings (SSSR count). The molecule has 0 bridgehead atoms. The molecule has 0 spiro atoms. The molecule has 154 valence electrons. The quantitative estimate of drug-likeness (QED) is 0.765. The summed E-state index contributed by atoms with van der Waals surface area (Å²) in [5.41, 5.74) is 0.772. The van der Waals surface area contributed by atoms with Gasteiger partial charge in [0.2, 0.25) is 0 Å². The van der Waals surface area contributed by atoms with Crippen LogP contribution in [0.2, 0.25) is 0 Å². The van der Waals surface area contributed by atoms with Crippen LogP contribution in [0.25, 0.3) is 0 Å². The summed E-state index contributed by atoms with van der Waals surface area (Å²) < 4.78 is 39.4. The van der Waals surface area contributed by atoms with Crippen molar-refractivity contribution in [1.82, 2.24) is 4.90 Å². The van der Waals surface area contributed by atoms with E-state index in [2.05, 4.69) is 10.1 Å². The molecule has 0 unspecified atom stereocenters. The number of anilines is 1. The Morgan fingerprint density at radius 1 is 1.07 bits per heavy atom. The third kappa shape index (κ3) is 5.89. The molecule has 9 heteroatoms. The second-order valence-corrected chi connectivity index (χ2v) is 6.14. The highest BCUT2D eigenvalue weighted by atomic mass is 19.3. The largest absolute Gasteiger partial charge is 0.483 e. The van der Waals surface area contributed by atoms with Crippen molar-refractivity contribution in [1.29, 1.82) is 0 Å². The average molecular weight is 406 g/mol. The molecular weight excluding hydrogens is 386 g/mol. The van der Waals surface area contributed by atoms with Crippen LogP contribution in [0.4, 0.5) is 14.5 Å². The third-order valence-corrected chi connectivity index (χ3v) is 4.14. The number of amides is 2. The Balaban J connectivity index is 1.57. The number of benzene rings is 2. The maximum Gasteiger partial charge on any atom is 0.387 e. The van der Waals surface area contributed by atoms with E-state index >= 15 is 0 Å². The Hall–Kier alpha value is -3.20. The minimum Gasteiger partial charge on any atom is -0.483 e. The molecule has 0 aliphatic carbocycles. The van der Waals surface area contributed by atoms with Crippen LogP contribution >= 0.6 is 0 Å². The zero-order valence-electron chi connectivity index (χ0n) is 15.5. The van der Waals surface area contributed by atoms with Crippen LogP contribution < -0.4 is 14.8 Å². The number of hydrogen-bond donors (Lipinski definition) is 1. The van der Waals surface area contributed by atoms with Crippen LogP contribution in [0.3, 0.4) is 0 Å². The van der Waals surface area contributed by atoms with Gasteiger partial charge >= 0.3 is 6.61 Å². The van der Waals surface area contributed by atoms with Gasteiger partial charge in [-0.25, -0.2) is 0 Å². The topological polar surface area (TPSA) is 77.1 Å². The van der Waals surface area contributed by atoms with Gasteiger partial charge in [0.1, 0.15) is 11.5 Å². The molecule has 0 atom stereocenters. The van der Waals surface area contributed by atoms with Crippen molar-refractivity contribution in [3.8, 4) is 11.5 Å². The van der Waals surface area contributed by atoms with Gasteiger partial charge in [0.15, 0.2) is 6.61 Å². The van der Waals surface area contributed by atoms with Crippen LogP contribution in [0, 0.1) is 0 Å². The number of morpholine rings is 1. The van der Waals surface area contributed by atoms with E-state index in [9.17, 15) is 18.4 Å². The van der Waals surface area contributed by atoms with Gasteiger partial charge in [-0.05, 0) is 36.4 Å². The van der Waals surface area contributed by atoms with Crippen molar-refractivity contribution in [2.75, 3.05) is 38.2 Å². The molecule has 1 heterocycles. The highest BCUT2D eigenvalue weighted by molar-refractivity contribution is 5.97. The fourth-order valence-corrected chi connectivity index (χ4v) is 2.77. The van der Waals surface area contributed by atoms with Crippen LogP contribution in [-0.4, -0.2) is 56.2 Å². The number of alkyl halides is 2. The summed E-state index contributed by atoms with van der Waals surface area (Å²) in [7, 11) is 0. The summed E-state index contributed by atoms with van der Waals surface area (Å²) in [6, 6.07) is 12.2. The Bertz CT molecular complexity index is 839. The summed E-state index contributed by atoms with van der Waals surface area (Å²) in [4.78, 5) is 26.5. The SMILES string of the molecule is O=C(COc1ccccc1C(=O)N1CCOCC1)Nc1ccc(OC(F)F)cc1. The van der Waals surface area contributed by atoms with Gasteiger partial charge in [-0.3, -0.25) is 9.59 Å². The molecule has 1 saturated heterocycles. The lowest BCUT2D eigenvalue weighted by molar-refractivity contribution is -0.118. The van der Waals surface area contributed by atoms with Gasteiger partial charge in [0.05, 0.1) is 18.8 Å². The minimum absolute atomic E-state index is 0.00944. The molecule has 7 nitrogen and oxygen atoms in total. The molecule has 2 aromatic carbocycles. The van der Waals surface area contributed by atoms with Gasteiger partial charge in [-0.15, -0.1) is 0 Å². The van der Waals surface area contributed by atoms with Crippen molar-refractivity contribution in [3.05, 3.63) is 54.1 Å². The van der Waals surface area contributed by atoms with Gasteiger partial charge in [-0.2, -0.15) is 8.78 Å². The fourth-order valence-electron chi connectivity index (χ4n) is 2.77. The molecule has 29 heavy (non-hydrogen) atoms. The van der Waals surface area contributed by atoms with Crippen molar-refractivity contribution in [2.24, 2.45) is 0 Å². The fraction of sp³-hybridized carbons (Fsp3) is 0.300. The molecule has 1 N–H and O–H groups in total. The number of carbonyl (C=O) groups excluding carboxylic acids is 2. The van der Waals surface area contributed by atoms with Gasteiger partial charge in [0, 0.05) is 18.8 Å². The zero-order chi connectivity index (χ0) is 20.6. The molecule has 0 saturated carbocycles. The number of rotatable bonds is 7. The van der Waals surface area contributed by atoms with E-state index in [0.717, 1.165) is 0 Å². The first-order chi connectivity index (χ1) is 14.0. The lowest BCUT2D eigenvalue weighted by atomic mass is 10.1. The number of nitrogens with zero attached hydrogens (tertiary/aromatic N) is 1. The normalized spacial score (nSPS) is 13.8. The summed E-state index contributed by atoms with van der Waals surface area (Å²) in [6.45, 7) is -1.26. The number of nitrogens with one attached hydrogen (secondary N) is 1. The molecule has 2 amide bonds. The van der Waals surface area contributed by atoms with E-state index in [1.807, 2.05) is 0 Å². The molecule has 2 aromatic rings. The lowest BCUT2D eigenvalue weighted by Crippen LogP contribution is -2.40. The predicted molar refractivity (Wildman–Crippen MR) is 100 cm³/mol. The summed E-state index contributed by atoms with van der Waals surface area (Å²) in [5, 5.41) is 2.59. The molecule has 1 aliphatic heterocycles. The summed E-state index contributed by atoms with van der Waals surface area (Å²) >= 11 is 0. The zero-order valence-corrected chi connectivity index (χ0v) is 15.5. The molecule has 1 fully saturated rings. The Morgan fingerprint density at radius 3 is 2.45 bits per heavy atom. The number of para-hydroxylation sites is 1. The standard InChI is InChI=1S/C20H20F2N2O5/c21-20(22)29-15-7-5-14(6-8-15)23-18(25)13-28-17-4-2-1-3-16(17)19(26)24-9-11-27-12-10-24/h1-8,20H,9-13H2,(H,23,25). The van der Waals surface area contributed by atoms with E-state index in [4.69, 9.17) is 9.47 Å². The molecule has 0 aromatic heterocycles. The van der Waals surface area contributed by atoms with E-state index < -0.39 is 12.5 Å². The van der Waals surface area contributed by atoms with Crippen molar-refractivity contribution in [3.63, 3.8) is 0 Å². The first-order valence-corrected chi connectivity index (χ1v) is 8.96. The molecule has 0 radical (unpaired) electrons. The van der Waals surface area contributed by atoms with E-state index in [1.54, 1.807) is 29.2 Å².